The lowest BCUT2D eigenvalue weighted by molar-refractivity contribution is -0.0477. The first-order valence-electron chi connectivity index (χ1n) is 13.1. The average Bonchev–Trinajstić information content (AvgIpc) is 3.66. The van der Waals surface area contributed by atoms with Crippen molar-refractivity contribution in [1.82, 2.24) is 19.5 Å². The number of aliphatic hydroxyl groups is 2. The first kappa shape index (κ1) is 25.6. The highest BCUT2D eigenvalue weighted by Crippen LogP contribution is 2.34. The van der Waals surface area contributed by atoms with E-state index in [9.17, 15) is 14.6 Å². The molecule has 4 aromatic rings. The minimum absolute atomic E-state index is 0.0302. The van der Waals surface area contributed by atoms with E-state index >= 15 is 0 Å². The highest BCUT2D eigenvalue weighted by Gasteiger charge is 2.45. The van der Waals surface area contributed by atoms with Crippen molar-refractivity contribution in [3.8, 4) is 5.75 Å². The second-order valence-electron chi connectivity index (χ2n) is 9.85. The van der Waals surface area contributed by atoms with E-state index in [1.807, 2.05) is 30.3 Å². The summed E-state index contributed by atoms with van der Waals surface area (Å²) in [5.74, 6) is 0.0848. The van der Waals surface area contributed by atoms with Crippen LogP contribution < -0.4 is 10.1 Å². The van der Waals surface area contributed by atoms with Gasteiger partial charge >= 0.3 is 0 Å². The molecule has 0 radical (unpaired) electrons. The molecule has 39 heavy (non-hydrogen) atoms. The van der Waals surface area contributed by atoms with Gasteiger partial charge in [0, 0.05) is 0 Å². The molecule has 1 saturated heterocycles. The first-order valence-corrected chi connectivity index (χ1v) is 13.1. The molecule has 10 nitrogen and oxygen atoms in total. The first-order chi connectivity index (χ1) is 19.1. The fourth-order valence-corrected chi connectivity index (χ4v) is 5.22. The van der Waals surface area contributed by atoms with Gasteiger partial charge in [-0.2, -0.15) is 0 Å². The summed E-state index contributed by atoms with van der Waals surface area (Å²) in [6.45, 7) is 0.397. The molecule has 2 unspecified atom stereocenters. The third-order valence-electron chi connectivity index (χ3n) is 7.29. The number of halogens is 1. The maximum Gasteiger partial charge on any atom is 0.167 e. The molecule has 3 N–H and O–H groups in total. The van der Waals surface area contributed by atoms with Crippen LogP contribution in [0.4, 0.5) is 10.2 Å². The van der Waals surface area contributed by atoms with E-state index in [2.05, 4.69) is 20.3 Å². The van der Waals surface area contributed by atoms with Crippen molar-refractivity contribution in [1.29, 1.82) is 0 Å². The molecular formula is C28H30FN5O5. The summed E-state index contributed by atoms with van der Waals surface area (Å²) < 4.78 is 33.2. The molecule has 6 rings (SSSR count). The number of hydrogen-bond donors (Lipinski definition) is 3. The van der Waals surface area contributed by atoms with Crippen molar-refractivity contribution >= 4 is 17.0 Å². The number of nitrogens with one attached hydrogen (secondary N) is 1. The van der Waals surface area contributed by atoms with E-state index in [0.29, 0.717) is 23.6 Å². The van der Waals surface area contributed by atoms with Crippen LogP contribution in [0.25, 0.3) is 11.2 Å². The number of aromatic nitrogens is 4. The number of nitrogens with zero attached hydrogens (tertiary/aromatic N) is 4. The fraction of sp³-hybridized carbons (Fsp3) is 0.393. The minimum Gasteiger partial charge on any atom is -0.488 e. The molecular weight excluding hydrogens is 505 g/mol. The van der Waals surface area contributed by atoms with E-state index in [1.165, 1.54) is 24.8 Å². The number of aliphatic hydroxyl groups excluding tert-OH is 2. The lowest BCUT2D eigenvalue weighted by Gasteiger charge is -2.22. The predicted octanol–water partition coefficient (Wildman–Crippen LogP) is 3.21. The minimum atomic E-state index is -1.27. The van der Waals surface area contributed by atoms with Crippen LogP contribution in [0.15, 0.2) is 67.3 Å². The number of hydrogen-bond acceptors (Lipinski definition) is 9. The van der Waals surface area contributed by atoms with Gasteiger partial charge in [-0.25, -0.2) is 19.3 Å². The van der Waals surface area contributed by atoms with Crippen LogP contribution in [-0.4, -0.2) is 66.8 Å². The van der Waals surface area contributed by atoms with Gasteiger partial charge in [0.15, 0.2) is 34.8 Å². The second-order valence-corrected chi connectivity index (χ2v) is 9.85. The van der Waals surface area contributed by atoms with Crippen LogP contribution in [-0.2, 0) is 16.1 Å². The second kappa shape index (κ2) is 11.2. The van der Waals surface area contributed by atoms with Crippen LogP contribution in [0.1, 0.15) is 31.1 Å². The maximum atomic E-state index is 13.9. The Balaban J connectivity index is 1.15. The molecule has 0 bridgehead atoms. The number of ether oxygens (including phenoxy) is 3. The van der Waals surface area contributed by atoms with Gasteiger partial charge < -0.3 is 29.7 Å². The zero-order chi connectivity index (χ0) is 26.8. The Morgan fingerprint density at radius 2 is 1.82 bits per heavy atom. The number of fused-ring (bicyclic) bond motifs is 1. The molecule has 3 heterocycles. The van der Waals surface area contributed by atoms with Gasteiger partial charge in [-0.15, -0.1) is 0 Å². The Kier molecular flexibility index (Phi) is 7.38. The fourth-order valence-electron chi connectivity index (χ4n) is 5.22. The smallest absolute Gasteiger partial charge is 0.167 e. The summed E-state index contributed by atoms with van der Waals surface area (Å²) >= 11 is 0. The zero-order valence-electron chi connectivity index (χ0n) is 21.1. The molecule has 6 atom stereocenters. The van der Waals surface area contributed by atoms with E-state index in [0.717, 1.165) is 24.8 Å². The van der Waals surface area contributed by atoms with Gasteiger partial charge in [-0.1, -0.05) is 42.5 Å². The normalized spacial score (nSPS) is 26.7. The zero-order valence-corrected chi connectivity index (χ0v) is 21.1. The van der Waals surface area contributed by atoms with Gasteiger partial charge in [0.2, 0.25) is 0 Å². The number of rotatable bonds is 9. The SMILES string of the molecule is O[C@@H]1[C@H](O)[C@H](n2cnc3c(NC4CCCC4OCc4ccccc4)ncnc32)O[C@@H]1COc1ccccc1F. The van der Waals surface area contributed by atoms with Gasteiger partial charge in [0.25, 0.3) is 0 Å². The summed E-state index contributed by atoms with van der Waals surface area (Å²) in [5, 5.41) is 24.9. The van der Waals surface area contributed by atoms with Crippen LogP contribution in [0.5, 0.6) is 5.75 Å². The molecule has 1 aliphatic heterocycles. The molecule has 11 heteroatoms. The number of benzene rings is 2. The van der Waals surface area contributed by atoms with Crippen molar-refractivity contribution in [3.63, 3.8) is 0 Å². The number of imidazole rings is 1. The highest BCUT2D eigenvalue weighted by molar-refractivity contribution is 5.82. The predicted molar refractivity (Wildman–Crippen MR) is 139 cm³/mol. The van der Waals surface area contributed by atoms with E-state index < -0.39 is 30.4 Å². The van der Waals surface area contributed by atoms with Crippen molar-refractivity contribution in [2.24, 2.45) is 0 Å². The summed E-state index contributed by atoms with van der Waals surface area (Å²) in [6.07, 6.45) is 1.51. The van der Waals surface area contributed by atoms with Gasteiger partial charge in [-0.05, 0) is 37.0 Å². The molecule has 2 aromatic carbocycles. The standard InChI is InChI=1S/C28H30FN5O5/c29-18-9-4-5-11-20(18)38-14-22-24(35)25(36)28(39-22)34-16-32-23-26(30-15-31-27(23)34)33-19-10-6-12-21(19)37-13-17-7-2-1-3-8-17/h1-5,7-9,11,15-16,19,21-22,24-25,28,35-36H,6,10,12-14H2,(H,30,31,33)/t19?,21?,22-,24+,25+,28-/m1/s1. The Hall–Kier alpha value is -3.64. The maximum absolute atomic E-state index is 13.9. The summed E-state index contributed by atoms with van der Waals surface area (Å²) in [6, 6.07) is 16.1. The van der Waals surface area contributed by atoms with Gasteiger partial charge in [0.1, 0.15) is 31.2 Å². The Labute approximate surface area is 224 Å². The largest absolute Gasteiger partial charge is 0.488 e. The van der Waals surface area contributed by atoms with E-state index in [4.69, 9.17) is 14.2 Å². The summed E-state index contributed by atoms with van der Waals surface area (Å²) in [7, 11) is 0. The molecule has 0 spiro atoms. The molecule has 2 aliphatic rings. The Morgan fingerprint density at radius 1 is 1.00 bits per heavy atom. The number of para-hydroxylation sites is 1. The molecule has 1 saturated carbocycles. The van der Waals surface area contributed by atoms with Crippen molar-refractivity contribution in [2.45, 2.75) is 62.6 Å². The summed E-state index contributed by atoms with van der Waals surface area (Å²) in [5.41, 5.74) is 2.09. The van der Waals surface area contributed by atoms with Gasteiger partial charge in [-0.3, -0.25) is 4.57 Å². The highest BCUT2D eigenvalue weighted by atomic mass is 19.1. The molecule has 204 valence electrons. The third kappa shape index (κ3) is 5.30. The van der Waals surface area contributed by atoms with Crippen LogP contribution in [0.2, 0.25) is 0 Å². The van der Waals surface area contributed by atoms with Crippen LogP contribution in [0, 0.1) is 5.82 Å². The molecule has 2 aromatic heterocycles. The van der Waals surface area contributed by atoms with Crippen LogP contribution in [0.3, 0.4) is 0 Å². The third-order valence-corrected chi connectivity index (χ3v) is 7.29. The van der Waals surface area contributed by atoms with Crippen molar-refractivity contribution in [3.05, 3.63) is 78.6 Å². The van der Waals surface area contributed by atoms with Crippen molar-refractivity contribution < 1.29 is 28.8 Å². The summed E-state index contributed by atoms with van der Waals surface area (Å²) in [4.78, 5) is 13.3. The Bertz CT molecular complexity index is 1410. The van der Waals surface area contributed by atoms with Crippen LogP contribution >= 0.6 is 0 Å². The molecule has 1 aliphatic carbocycles. The quantitative estimate of drug-likeness (QED) is 0.296. The molecule has 0 amide bonds. The average molecular weight is 536 g/mol. The lowest BCUT2D eigenvalue weighted by Crippen LogP contribution is -2.34. The van der Waals surface area contributed by atoms with Crippen molar-refractivity contribution in [2.75, 3.05) is 11.9 Å². The van der Waals surface area contributed by atoms with E-state index in [-0.39, 0.29) is 24.5 Å². The Morgan fingerprint density at radius 3 is 2.67 bits per heavy atom. The van der Waals surface area contributed by atoms with Gasteiger partial charge in [0.05, 0.1) is 25.1 Å². The van der Waals surface area contributed by atoms with E-state index in [1.54, 1.807) is 16.7 Å². The topological polar surface area (TPSA) is 124 Å². The lowest BCUT2D eigenvalue weighted by atomic mass is 10.1. The number of anilines is 1. The molecule has 2 fully saturated rings. The monoisotopic (exact) mass is 535 g/mol.